The molecule has 0 fully saturated rings. The maximum Gasteiger partial charge on any atom is 0.343 e. The van der Waals surface area contributed by atoms with Gasteiger partial charge < -0.3 is 10.2 Å². The van der Waals surface area contributed by atoms with Gasteiger partial charge in [0.2, 0.25) is 0 Å². The van der Waals surface area contributed by atoms with Gasteiger partial charge in [-0.05, 0) is 36.7 Å². The summed E-state index contributed by atoms with van der Waals surface area (Å²) in [6.45, 7) is 8.37. The Labute approximate surface area is 147 Å². The monoisotopic (exact) mass is 340 g/mol. The van der Waals surface area contributed by atoms with Gasteiger partial charge in [-0.25, -0.2) is 9.59 Å². The largest absolute Gasteiger partial charge is 0.477 e. The van der Waals surface area contributed by atoms with Crippen LogP contribution in [0.5, 0.6) is 0 Å². The molecule has 0 bridgehead atoms. The van der Waals surface area contributed by atoms with Gasteiger partial charge in [0.05, 0.1) is 0 Å². The van der Waals surface area contributed by atoms with Crippen LogP contribution in [0, 0.1) is 5.41 Å². The van der Waals surface area contributed by atoms with Gasteiger partial charge in [-0.2, -0.15) is 0 Å². The summed E-state index contributed by atoms with van der Waals surface area (Å²) >= 11 is 0. The molecule has 140 valence electrons. The Balaban J connectivity index is 6.14. The number of carboxylic acid groups (broad SMARTS) is 2. The molecule has 2 N–H and O–H groups in total. The third-order valence-corrected chi connectivity index (χ3v) is 4.87. The summed E-state index contributed by atoms with van der Waals surface area (Å²) in [7, 11) is 0. The first kappa shape index (κ1) is 22.7. The van der Waals surface area contributed by atoms with Gasteiger partial charge in [-0.1, -0.05) is 72.6 Å². The minimum Gasteiger partial charge on any atom is -0.477 e. The number of hydrogen-bond acceptors (Lipinski definition) is 2. The number of carboxylic acids is 2. The molecular weight excluding hydrogens is 304 g/mol. The molecule has 0 amide bonds. The molecule has 0 heterocycles. The van der Waals surface area contributed by atoms with Crippen molar-refractivity contribution < 1.29 is 19.8 Å². The Bertz CT molecular complexity index is 409. The molecule has 0 radical (unpaired) electrons. The first-order chi connectivity index (χ1) is 11.4. The molecule has 0 aliphatic rings. The minimum atomic E-state index is -1.29. The van der Waals surface area contributed by atoms with E-state index in [1.54, 1.807) is 0 Å². The van der Waals surface area contributed by atoms with E-state index in [1.807, 2.05) is 6.92 Å². The summed E-state index contributed by atoms with van der Waals surface area (Å²) < 4.78 is 0. The smallest absolute Gasteiger partial charge is 0.343 e. The maximum absolute atomic E-state index is 11.7. The van der Waals surface area contributed by atoms with Gasteiger partial charge in [-0.15, -0.1) is 0 Å². The maximum atomic E-state index is 11.7. The van der Waals surface area contributed by atoms with Crippen molar-refractivity contribution in [3.05, 3.63) is 11.1 Å². The zero-order valence-electron chi connectivity index (χ0n) is 16.0. The Hall–Kier alpha value is -1.32. The van der Waals surface area contributed by atoms with Gasteiger partial charge in [0.1, 0.15) is 5.57 Å². The Morgan fingerprint density at radius 1 is 0.708 bits per heavy atom. The van der Waals surface area contributed by atoms with Crippen LogP contribution in [0.2, 0.25) is 0 Å². The molecule has 0 aromatic rings. The van der Waals surface area contributed by atoms with Crippen molar-refractivity contribution in [3.63, 3.8) is 0 Å². The van der Waals surface area contributed by atoms with Crippen molar-refractivity contribution in [2.24, 2.45) is 5.41 Å². The second-order valence-corrected chi connectivity index (χ2v) is 6.80. The third-order valence-electron chi connectivity index (χ3n) is 4.87. The zero-order valence-corrected chi connectivity index (χ0v) is 16.0. The normalized spacial score (nSPS) is 13.3. The van der Waals surface area contributed by atoms with E-state index in [1.165, 1.54) is 0 Å². The van der Waals surface area contributed by atoms with Gasteiger partial charge >= 0.3 is 11.9 Å². The number of allylic oxidation sites excluding steroid dienone is 1. The van der Waals surface area contributed by atoms with Crippen LogP contribution in [-0.2, 0) is 9.59 Å². The van der Waals surface area contributed by atoms with Crippen molar-refractivity contribution in [1.82, 2.24) is 0 Å². The van der Waals surface area contributed by atoms with Crippen LogP contribution in [0.1, 0.15) is 98.3 Å². The summed E-state index contributed by atoms with van der Waals surface area (Å²) in [5, 5.41) is 19.1. The van der Waals surface area contributed by atoms with E-state index < -0.39 is 11.9 Å². The average Bonchev–Trinajstić information content (AvgIpc) is 2.51. The summed E-state index contributed by atoms with van der Waals surface area (Å²) in [6.07, 6.45) is 10.2. The first-order valence-corrected chi connectivity index (χ1v) is 9.60. The van der Waals surface area contributed by atoms with Crippen LogP contribution >= 0.6 is 0 Å². The van der Waals surface area contributed by atoms with Crippen LogP contribution in [0.4, 0.5) is 0 Å². The predicted octanol–water partition coefficient (Wildman–Crippen LogP) is 5.81. The lowest BCUT2D eigenvalue weighted by molar-refractivity contribution is -0.140. The molecule has 0 rings (SSSR count). The second kappa shape index (κ2) is 12.1. The average molecular weight is 341 g/mol. The molecule has 4 nitrogen and oxygen atoms in total. The number of aliphatic carboxylic acids is 2. The van der Waals surface area contributed by atoms with E-state index in [-0.39, 0.29) is 11.0 Å². The highest BCUT2D eigenvalue weighted by atomic mass is 16.4. The van der Waals surface area contributed by atoms with E-state index in [0.29, 0.717) is 12.0 Å². The standard InChI is InChI=1S/C20H36O4/c1-5-9-11-15-20(13-8-4,14-10-6-2)16(12-7-3)17(18(21)22)19(23)24/h5-15H2,1-4H3,(H,21,22)(H,23,24). The van der Waals surface area contributed by atoms with Crippen molar-refractivity contribution >= 4 is 11.9 Å². The molecule has 0 aliphatic carbocycles. The molecule has 0 saturated carbocycles. The van der Waals surface area contributed by atoms with Crippen molar-refractivity contribution in [2.45, 2.75) is 98.3 Å². The van der Waals surface area contributed by atoms with Crippen LogP contribution in [0.15, 0.2) is 11.1 Å². The predicted molar refractivity (Wildman–Crippen MR) is 98.2 cm³/mol. The summed E-state index contributed by atoms with van der Waals surface area (Å²) in [6, 6.07) is 0. The molecule has 1 atom stereocenters. The molecule has 24 heavy (non-hydrogen) atoms. The summed E-state index contributed by atoms with van der Waals surface area (Å²) in [5.74, 6) is -2.59. The van der Waals surface area contributed by atoms with E-state index in [4.69, 9.17) is 0 Å². The highest BCUT2D eigenvalue weighted by molar-refractivity contribution is 6.13. The van der Waals surface area contributed by atoms with Gasteiger partial charge in [0, 0.05) is 0 Å². The quantitative estimate of drug-likeness (QED) is 0.181. The highest BCUT2D eigenvalue weighted by Crippen LogP contribution is 2.46. The molecule has 1 unspecified atom stereocenters. The van der Waals surface area contributed by atoms with Crippen molar-refractivity contribution in [2.75, 3.05) is 0 Å². The first-order valence-electron chi connectivity index (χ1n) is 9.60. The van der Waals surface area contributed by atoms with Crippen LogP contribution in [0.25, 0.3) is 0 Å². The summed E-state index contributed by atoms with van der Waals surface area (Å²) in [5.41, 5.74) is 0.0245. The molecule has 0 aromatic heterocycles. The van der Waals surface area contributed by atoms with Gasteiger partial charge in [-0.3, -0.25) is 0 Å². The number of rotatable bonds is 14. The van der Waals surface area contributed by atoms with E-state index >= 15 is 0 Å². The zero-order chi connectivity index (χ0) is 18.6. The third kappa shape index (κ3) is 6.66. The highest BCUT2D eigenvalue weighted by Gasteiger charge is 2.37. The second-order valence-electron chi connectivity index (χ2n) is 6.80. The molecule has 0 saturated heterocycles. The SMILES string of the molecule is CCCCCC(CCC)(CCCC)C(CCC)=C(C(=O)O)C(=O)O. The van der Waals surface area contributed by atoms with E-state index in [0.717, 1.165) is 64.2 Å². The lowest BCUT2D eigenvalue weighted by Gasteiger charge is -2.38. The Morgan fingerprint density at radius 3 is 1.67 bits per heavy atom. The lowest BCUT2D eigenvalue weighted by atomic mass is 9.66. The van der Waals surface area contributed by atoms with Crippen molar-refractivity contribution in [3.8, 4) is 0 Å². The molecule has 0 aliphatic heterocycles. The lowest BCUT2D eigenvalue weighted by Crippen LogP contribution is -2.29. The van der Waals surface area contributed by atoms with E-state index in [2.05, 4.69) is 20.8 Å². The van der Waals surface area contributed by atoms with Gasteiger partial charge in [0.15, 0.2) is 0 Å². The molecule has 0 aromatic carbocycles. The van der Waals surface area contributed by atoms with Crippen LogP contribution < -0.4 is 0 Å². The van der Waals surface area contributed by atoms with Crippen molar-refractivity contribution in [1.29, 1.82) is 0 Å². The van der Waals surface area contributed by atoms with E-state index in [9.17, 15) is 19.8 Å². The topological polar surface area (TPSA) is 74.6 Å². The van der Waals surface area contributed by atoms with Crippen LogP contribution in [0.3, 0.4) is 0 Å². The molecule has 0 spiro atoms. The van der Waals surface area contributed by atoms with Gasteiger partial charge in [0.25, 0.3) is 0 Å². The molecular formula is C20H36O4. The number of hydrogen-bond donors (Lipinski definition) is 2. The molecule has 4 heteroatoms. The minimum absolute atomic E-state index is 0.276. The van der Waals surface area contributed by atoms with Crippen LogP contribution in [-0.4, -0.2) is 22.2 Å². The number of unbranched alkanes of at least 4 members (excludes halogenated alkanes) is 3. The summed E-state index contributed by atoms with van der Waals surface area (Å²) in [4.78, 5) is 23.3. The number of carbonyl (C=O) groups is 2. The fourth-order valence-electron chi connectivity index (χ4n) is 3.79. The Kier molecular flexibility index (Phi) is 11.4. The fraction of sp³-hybridized carbons (Fsp3) is 0.800. The Morgan fingerprint density at radius 2 is 1.25 bits per heavy atom. The fourth-order valence-corrected chi connectivity index (χ4v) is 3.79.